The molecule has 12 heavy (non-hydrogen) atoms. The second-order valence-electron chi connectivity index (χ2n) is 3.13. The zero-order valence-electron chi connectivity index (χ0n) is 7.13. The summed E-state index contributed by atoms with van der Waals surface area (Å²) >= 11 is 3.32. The van der Waals surface area contributed by atoms with Crippen LogP contribution in [0, 0.1) is 12.3 Å². The molecule has 0 unspecified atom stereocenters. The average molecular weight is 224 g/mol. The third kappa shape index (κ3) is 1.86. The van der Waals surface area contributed by atoms with Gasteiger partial charge in [-0.2, -0.15) is 0 Å². The summed E-state index contributed by atoms with van der Waals surface area (Å²) in [6.45, 7) is 3.95. The first-order valence-corrected chi connectivity index (χ1v) is 4.45. The Morgan fingerprint density at radius 2 is 2.17 bits per heavy atom. The van der Waals surface area contributed by atoms with E-state index in [9.17, 15) is 0 Å². The van der Waals surface area contributed by atoms with Gasteiger partial charge in [0, 0.05) is 10.7 Å². The molecular weight excluding hydrogens is 214 g/mol. The lowest BCUT2D eigenvalue weighted by Crippen LogP contribution is -2.15. The third-order valence-electron chi connectivity index (χ3n) is 1.73. The fourth-order valence-corrected chi connectivity index (χ4v) is 1.05. The quantitative estimate of drug-likeness (QED) is 0.668. The molecule has 0 aromatic carbocycles. The number of halogens is 1. The maximum atomic E-state index is 5.37. The summed E-state index contributed by atoms with van der Waals surface area (Å²) in [6.07, 6.45) is 7.13. The molecule has 0 amide bonds. The van der Waals surface area contributed by atoms with E-state index in [4.69, 9.17) is 6.42 Å². The summed E-state index contributed by atoms with van der Waals surface area (Å²) in [5, 5.41) is 0. The summed E-state index contributed by atoms with van der Waals surface area (Å²) in [4.78, 5) is 4.23. The molecule has 0 aliphatic heterocycles. The van der Waals surface area contributed by atoms with Crippen molar-refractivity contribution < 1.29 is 0 Å². The first-order chi connectivity index (χ1) is 5.56. The van der Waals surface area contributed by atoms with Crippen LogP contribution in [0.15, 0.2) is 22.8 Å². The summed E-state index contributed by atoms with van der Waals surface area (Å²) < 4.78 is 0.971. The van der Waals surface area contributed by atoms with E-state index in [2.05, 4.69) is 26.8 Å². The monoisotopic (exact) mass is 223 g/mol. The zero-order chi connectivity index (χ0) is 9.19. The van der Waals surface area contributed by atoms with Crippen LogP contribution in [-0.2, 0) is 5.41 Å². The Morgan fingerprint density at radius 1 is 1.50 bits per heavy atom. The molecule has 0 radical (unpaired) electrons. The van der Waals surface area contributed by atoms with Crippen LogP contribution in [0.4, 0.5) is 0 Å². The number of rotatable bonds is 1. The van der Waals surface area contributed by atoms with Crippen molar-refractivity contribution in [3.05, 3.63) is 28.5 Å². The lowest BCUT2D eigenvalue weighted by molar-refractivity contribution is 0.670. The van der Waals surface area contributed by atoms with Gasteiger partial charge < -0.3 is 0 Å². The summed E-state index contributed by atoms with van der Waals surface area (Å²) in [5.41, 5.74) is 0.647. The van der Waals surface area contributed by atoms with Gasteiger partial charge in [-0.1, -0.05) is 5.92 Å². The van der Waals surface area contributed by atoms with Crippen LogP contribution in [0.2, 0.25) is 0 Å². The minimum Gasteiger partial charge on any atom is -0.259 e. The highest BCUT2D eigenvalue weighted by atomic mass is 79.9. The largest absolute Gasteiger partial charge is 0.259 e. The van der Waals surface area contributed by atoms with Gasteiger partial charge in [-0.05, 0) is 41.9 Å². The molecule has 1 aromatic heterocycles. The number of aromatic nitrogens is 1. The van der Waals surface area contributed by atoms with Crippen LogP contribution in [0.25, 0.3) is 0 Å². The van der Waals surface area contributed by atoms with Crippen molar-refractivity contribution in [2.24, 2.45) is 0 Å². The van der Waals surface area contributed by atoms with Gasteiger partial charge in [0.25, 0.3) is 0 Å². The van der Waals surface area contributed by atoms with E-state index in [1.165, 1.54) is 0 Å². The molecule has 2 heteroatoms. The van der Waals surface area contributed by atoms with Crippen LogP contribution in [-0.4, -0.2) is 4.98 Å². The highest BCUT2D eigenvalue weighted by Crippen LogP contribution is 2.20. The molecule has 0 aliphatic rings. The fraction of sp³-hybridized carbons (Fsp3) is 0.300. The van der Waals surface area contributed by atoms with Crippen LogP contribution in [0.5, 0.6) is 0 Å². The summed E-state index contributed by atoms with van der Waals surface area (Å²) in [7, 11) is 0. The Bertz CT molecular complexity index is 306. The average Bonchev–Trinajstić information content (AvgIpc) is 2.05. The first kappa shape index (κ1) is 9.28. The predicted octanol–water partition coefficient (Wildman–Crippen LogP) is 2.75. The van der Waals surface area contributed by atoms with E-state index in [-0.39, 0.29) is 5.41 Å². The van der Waals surface area contributed by atoms with Crippen molar-refractivity contribution in [1.82, 2.24) is 4.98 Å². The SMILES string of the molecule is C#CC(C)(C)c1ccc(Br)cn1. The molecule has 62 valence electrons. The molecule has 0 spiro atoms. The Kier molecular flexibility index (Phi) is 2.54. The van der Waals surface area contributed by atoms with Gasteiger partial charge in [0.2, 0.25) is 0 Å². The highest BCUT2D eigenvalue weighted by molar-refractivity contribution is 9.10. The zero-order valence-corrected chi connectivity index (χ0v) is 8.72. The Balaban J connectivity index is 3.07. The second-order valence-corrected chi connectivity index (χ2v) is 4.05. The molecule has 0 saturated heterocycles. The van der Waals surface area contributed by atoms with Gasteiger partial charge in [0.15, 0.2) is 0 Å². The predicted molar refractivity (Wildman–Crippen MR) is 53.8 cm³/mol. The smallest absolute Gasteiger partial charge is 0.0675 e. The molecule has 0 saturated carbocycles. The molecule has 1 rings (SSSR count). The molecule has 0 atom stereocenters. The maximum absolute atomic E-state index is 5.37. The van der Waals surface area contributed by atoms with Crippen LogP contribution < -0.4 is 0 Å². The molecule has 1 heterocycles. The van der Waals surface area contributed by atoms with E-state index in [1.54, 1.807) is 6.20 Å². The van der Waals surface area contributed by atoms with E-state index in [0.29, 0.717) is 0 Å². The molecular formula is C10H10BrN. The van der Waals surface area contributed by atoms with Gasteiger partial charge in [0.05, 0.1) is 11.1 Å². The Morgan fingerprint density at radius 3 is 2.58 bits per heavy atom. The molecule has 1 nitrogen and oxygen atoms in total. The highest BCUT2D eigenvalue weighted by Gasteiger charge is 2.17. The number of nitrogens with zero attached hydrogens (tertiary/aromatic N) is 1. The van der Waals surface area contributed by atoms with Crippen LogP contribution in [0.1, 0.15) is 19.5 Å². The van der Waals surface area contributed by atoms with E-state index in [0.717, 1.165) is 10.2 Å². The second kappa shape index (κ2) is 3.28. The first-order valence-electron chi connectivity index (χ1n) is 3.66. The van der Waals surface area contributed by atoms with Crippen LogP contribution in [0.3, 0.4) is 0 Å². The fourth-order valence-electron chi connectivity index (χ4n) is 0.819. The standard InChI is InChI=1S/C10H10BrN/c1-4-10(2,3)9-6-5-8(11)7-12-9/h1,5-7H,2-3H3. The maximum Gasteiger partial charge on any atom is 0.0675 e. The molecule has 0 N–H and O–H groups in total. The summed E-state index contributed by atoms with van der Waals surface area (Å²) in [5.74, 6) is 2.70. The van der Waals surface area contributed by atoms with E-state index in [1.807, 2.05) is 26.0 Å². The topological polar surface area (TPSA) is 12.9 Å². The van der Waals surface area contributed by atoms with Gasteiger partial charge in [-0.15, -0.1) is 6.42 Å². The number of hydrogen-bond donors (Lipinski definition) is 0. The third-order valence-corrected chi connectivity index (χ3v) is 2.20. The van der Waals surface area contributed by atoms with Gasteiger partial charge >= 0.3 is 0 Å². The van der Waals surface area contributed by atoms with E-state index >= 15 is 0 Å². The molecule has 0 aliphatic carbocycles. The van der Waals surface area contributed by atoms with Gasteiger partial charge in [-0.25, -0.2) is 0 Å². The molecule has 0 bridgehead atoms. The normalized spacial score (nSPS) is 10.8. The number of hydrogen-bond acceptors (Lipinski definition) is 1. The lowest BCUT2D eigenvalue weighted by atomic mass is 9.90. The van der Waals surface area contributed by atoms with E-state index < -0.39 is 0 Å². The van der Waals surface area contributed by atoms with Crippen molar-refractivity contribution in [3.8, 4) is 12.3 Å². The minimum atomic E-state index is -0.277. The summed E-state index contributed by atoms with van der Waals surface area (Å²) in [6, 6.07) is 3.88. The lowest BCUT2D eigenvalue weighted by Gasteiger charge is -2.15. The Hall–Kier alpha value is -0.810. The number of terminal acetylenes is 1. The van der Waals surface area contributed by atoms with Gasteiger partial charge in [0.1, 0.15) is 0 Å². The van der Waals surface area contributed by atoms with Crippen molar-refractivity contribution in [2.45, 2.75) is 19.3 Å². The van der Waals surface area contributed by atoms with Crippen molar-refractivity contribution in [1.29, 1.82) is 0 Å². The molecule has 0 fully saturated rings. The number of pyridine rings is 1. The van der Waals surface area contributed by atoms with Crippen LogP contribution >= 0.6 is 15.9 Å². The molecule has 1 aromatic rings. The minimum absolute atomic E-state index is 0.277. The van der Waals surface area contributed by atoms with Crippen molar-refractivity contribution in [3.63, 3.8) is 0 Å². The Labute approximate surface area is 81.3 Å². The van der Waals surface area contributed by atoms with Gasteiger partial charge in [-0.3, -0.25) is 4.98 Å². The van der Waals surface area contributed by atoms with Crippen molar-refractivity contribution >= 4 is 15.9 Å². The van der Waals surface area contributed by atoms with Crippen molar-refractivity contribution in [2.75, 3.05) is 0 Å².